The number of rotatable bonds is 14. The van der Waals surface area contributed by atoms with Crippen LogP contribution in [0.25, 0.3) is 10.8 Å². The molecule has 0 aliphatic carbocycles. The molecule has 0 heterocycles. The summed E-state index contributed by atoms with van der Waals surface area (Å²) in [6, 6.07) is 16.8. The van der Waals surface area contributed by atoms with Crippen molar-refractivity contribution in [2.24, 2.45) is 5.73 Å². The lowest BCUT2D eigenvalue weighted by molar-refractivity contribution is -0.142. The highest BCUT2D eigenvalue weighted by Crippen LogP contribution is 2.28. The van der Waals surface area contributed by atoms with Gasteiger partial charge in [-0.1, -0.05) is 75.1 Å². The standard InChI is InChI=1S/C34H44N4O6/c1-5-6-7-8-11-20-38(32(42)28(22-29(35)40)37-33(43)44-34(2,3)4)30(24-15-18-27(39)19-16-24)31(41)36-26-17-14-23-12-9-10-13-25(23)21-26/h9-10,12-19,21,28,30,39H,5-8,11,20,22H2,1-4H3,(H2,35,40)(H,36,41)(H,37,43). The van der Waals surface area contributed by atoms with Crippen LogP contribution >= 0.6 is 0 Å². The summed E-state index contributed by atoms with van der Waals surface area (Å²) in [7, 11) is 0. The molecule has 3 aromatic carbocycles. The number of alkyl carbamates (subject to hydrolysis) is 1. The number of aromatic hydroxyl groups is 1. The molecule has 10 nitrogen and oxygen atoms in total. The van der Waals surface area contributed by atoms with E-state index in [2.05, 4.69) is 17.6 Å². The first-order chi connectivity index (χ1) is 20.9. The number of fused-ring (bicyclic) bond motifs is 1. The van der Waals surface area contributed by atoms with Crippen molar-refractivity contribution in [1.29, 1.82) is 0 Å². The second-order valence-electron chi connectivity index (χ2n) is 11.9. The Morgan fingerprint density at radius 3 is 2.20 bits per heavy atom. The molecule has 0 saturated carbocycles. The molecule has 0 radical (unpaired) electrons. The molecule has 2 atom stereocenters. The molecule has 5 N–H and O–H groups in total. The number of nitrogens with two attached hydrogens (primary N) is 1. The van der Waals surface area contributed by atoms with Crippen LogP contribution in [0.5, 0.6) is 5.75 Å². The molecule has 10 heteroatoms. The van der Waals surface area contributed by atoms with Gasteiger partial charge in [0.25, 0.3) is 5.91 Å². The highest BCUT2D eigenvalue weighted by atomic mass is 16.6. The van der Waals surface area contributed by atoms with E-state index in [1.165, 1.54) is 17.0 Å². The fourth-order valence-corrected chi connectivity index (χ4v) is 4.91. The van der Waals surface area contributed by atoms with Crippen LogP contribution in [-0.4, -0.2) is 52.0 Å². The van der Waals surface area contributed by atoms with Crippen LogP contribution < -0.4 is 16.4 Å². The van der Waals surface area contributed by atoms with Crippen LogP contribution in [0.3, 0.4) is 0 Å². The van der Waals surface area contributed by atoms with E-state index in [1.54, 1.807) is 39.0 Å². The van der Waals surface area contributed by atoms with Crippen LogP contribution in [-0.2, 0) is 19.1 Å². The van der Waals surface area contributed by atoms with Gasteiger partial charge in [0, 0.05) is 12.2 Å². The van der Waals surface area contributed by atoms with Gasteiger partial charge < -0.3 is 31.1 Å². The van der Waals surface area contributed by atoms with Gasteiger partial charge in [0.05, 0.1) is 6.42 Å². The second kappa shape index (κ2) is 15.7. The van der Waals surface area contributed by atoms with Gasteiger partial charge in [-0.05, 0) is 67.8 Å². The summed E-state index contributed by atoms with van der Waals surface area (Å²) < 4.78 is 5.35. The van der Waals surface area contributed by atoms with E-state index in [0.29, 0.717) is 17.7 Å². The molecule has 0 aliphatic heterocycles. The molecule has 0 bridgehead atoms. The van der Waals surface area contributed by atoms with Gasteiger partial charge in [-0.3, -0.25) is 14.4 Å². The Labute approximate surface area is 258 Å². The van der Waals surface area contributed by atoms with Crippen molar-refractivity contribution in [2.45, 2.75) is 83.9 Å². The topological polar surface area (TPSA) is 151 Å². The van der Waals surface area contributed by atoms with Gasteiger partial charge in [0.15, 0.2) is 0 Å². The number of unbranched alkanes of at least 4 members (excludes halogenated alkanes) is 4. The van der Waals surface area contributed by atoms with Crippen molar-refractivity contribution in [3.8, 4) is 5.75 Å². The summed E-state index contributed by atoms with van der Waals surface area (Å²) >= 11 is 0. The fraction of sp³-hybridized carbons (Fsp3) is 0.412. The minimum Gasteiger partial charge on any atom is -0.508 e. The molecule has 0 saturated heterocycles. The predicted molar refractivity (Wildman–Crippen MR) is 171 cm³/mol. The normalized spacial score (nSPS) is 12.6. The third-order valence-electron chi connectivity index (χ3n) is 6.97. The number of nitrogens with one attached hydrogen (secondary N) is 2. The largest absolute Gasteiger partial charge is 0.508 e. The van der Waals surface area contributed by atoms with Crippen molar-refractivity contribution >= 4 is 40.3 Å². The van der Waals surface area contributed by atoms with E-state index in [4.69, 9.17) is 10.5 Å². The molecule has 0 fully saturated rings. The average Bonchev–Trinajstić information content (AvgIpc) is 2.95. The van der Waals surface area contributed by atoms with Crippen LogP contribution in [0.4, 0.5) is 10.5 Å². The van der Waals surface area contributed by atoms with E-state index in [-0.39, 0.29) is 12.3 Å². The zero-order valence-corrected chi connectivity index (χ0v) is 26.0. The summed E-state index contributed by atoms with van der Waals surface area (Å²) in [5, 5.41) is 17.3. The maximum Gasteiger partial charge on any atom is 0.408 e. The lowest BCUT2D eigenvalue weighted by atomic mass is 10.0. The monoisotopic (exact) mass is 604 g/mol. The Kier molecular flexibility index (Phi) is 12.1. The number of amides is 4. The Hall–Kier alpha value is -4.60. The fourth-order valence-electron chi connectivity index (χ4n) is 4.91. The number of primary amides is 1. The van der Waals surface area contributed by atoms with Crippen molar-refractivity contribution in [3.63, 3.8) is 0 Å². The molecule has 3 aromatic rings. The van der Waals surface area contributed by atoms with Crippen molar-refractivity contribution in [3.05, 3.63) is 72.3 Å². The number of ether oxygens (including phenoxy) is 1. The molecule has 4 amide bonds. The minimum absolute atomic E-state index is 0.00178. The quantitative estimate of drug-likeness (QED) is 0.171. The number of phenols is 1. The second-order valence-corrected chi connectivity index (χ2v) is 11.9. The van der Waals surface area contributed by atoms with Crippen LogP contribution in [0.15, 0.2) is 66.7 Å². The molecular weight excluding hydrogens is 560 g/mol. The van der Waals surface area contributed by atoms with Crippen LogP contribution in [0.1, 0.15) is 77.8 Å². The summed E-state index contributed by atoms with van der Waals surface area (Å²) in [4.78, 5) is 54.5. The molecule has 0 aliphatic rings. The van der Waals surface area contributed by atoms with E-state index >= 15 is 0 Å². The number of carbonyl (C=O) groups is 4. The van der Waals surface area contributed by atoms with E-state index < -0.39 is 47.9 Å². The van der Waals surface area contributed by atoms with Crippen molar-refractivity contribution in [2.75, 3.05) is 11.9 Å². The number of benzene rings is 3. The predicted octanol–water partition coefficient (Wildman–Crippen LogP) is 5.79. The van der Waals surface area contributed by atoms with E-state index in [0.717, 1.165) is 36.5 Å². The Balaban J connectivity index is 2.02. The first-order valence-corrected chi connectivity index (χ1v) is 15.0. The molecule has 0 aromatic heterocycles. The van der Waals surface area contributed by atoms with Crippen LogP contribution in [0, 0.1) is 0 Å². The molecule has 44 heavy (non-hydrogen) atoms. The number of hydrogen-bond donors (Lipinski definition) is 4. The molecule has 3 rings (SSSR count). The number of hydrogen-bond acceptors (Lipinski definition) is 6. The number of carbonyl (C=O) groups excluding carboxylic acids is 4. The van der Waals surface area contributed by atoms with Gasteiger partial charge >= 0.3 is 6.09 Å². The Morgan fingerprint density at radius 2 is 1.57 bits per heavy atom. The lowest BCUT2D eigenvalue weighted by Crippen LogP contribution is -2.53. The van der Waals surface area contributed by atoms with Gasteiger partial charge in [-0.2, -0.15) is 0 Å². The maximum absolute atomic E-state index is 14.2. The first-order valence-electron chi connectivity index (χ1n) is 15.0. The number of anilines is 1. The molecule has 2 unspecified atom stereocenters. The maximum atomic E-state index is 14.2. The first kappa shape index (κ1) is 33.9. The number of phenolic OH excluding ortho intramolecular Hbond substituents is 1. The summed E-state index contributed by atoms with van der Waals surface area (Å²) in [6.07, 6.45) is 3.04. The van der Waals surface area contributed by atoms with E-state index in [9.17, 15) is 24.3 Å². The molecular formula is C34H44N4O6. The zero-order valence-electron chi connectivity index (χ0n) is 26.0. The number of nitrogens with zero attached hydrogens (tertiary/aromatic N) is 1. The Morgan fingerprint density at radius 1 is 0.909 bits per heavy atom. The Bertz CT molecular complexity index is 1430. The smallest absolute Gasteiger partial charge is 0.408 e. The molecule has 0 spiro atoms. The van der Waals surface area contributed by atoms with Gasteiger partial charge in [0.2, 0.25) is 11.8 Å². The SMILES string of the molecule is CCCCCCCN(C(=O)C(CC(N)=O)NC(=O)OC(C)(C)C)C(C(=O)Nc1ccc2ccccc2c1)c1ccc(O)cc1. The van der Waals surface area contributed by atoms with Crippen molar-refractivity contribution in [1.82, 2.24) is 10.2 Å². The van der Waals surface area contributed by atoms with Gasteiger partial charge in [-0.15, -0.1) is 0 Å². The lowest BCUT2D eigenvalue weighted by Gasteiger charge is -2.34. The molecule has 236 valence electrons. The third-order valence-corrected chi connectivity index (χ3v) is 6.97. The van der Waals surface area contributed by atoms with E-state index in [1.807, 2.05) is 36.4 Å². The third kappa shape index (κ3) is 10.3. The average molecular weight is 605 g/mol. The van der Waals surface area contributed by atoms with Gasteiger partial charge in [0.1, 0.15) is 23.4 Å². The highest BCUT2D eigenvalue weighted by Gasteiger charge is 2.37. The minimum atomic E-state index is -1.37. The summed E-state index contributed by atoms with van der Waals surface area (Å²) in [5.41, 5.74) is 5.62. The zero-order chi connectivity index (χ0) is 32.3. The van der Waals surface area contributed by atoms with Crippen LogP contribution in [0.2, 0.25) is 0 Å². The summed E-state index contributed by atoms with van der Waals surface area (Å²) in [5.74, 6) is -1.96. The van der Waals surface area contributed by atoms with Crippen molar-refractivity contribution < 1.29 is 29.0 Å². The van der Waals surface area contributed by atoms with Gasteiger partial charge in [-0.25, -0.2) is 4.79 Å². The summed E-state index contributed by atoms with van der Waals surface area (Å²) in [6.45, 7) is 7.31. The highest BCUT2D eigenvalue weighted by molar-refractivity contribution is 6.01.